The van der Waals surface area contributed by atoms with E-state index in [9.17, 15) is 4.79 Å². The molecule has 0 saturated carbocycles. The van der Waals surface area contributed by atoms with Gasteiger partial charge in [0.15, 0.2) is 0 Å². The first kappa shape index (κ1) is 4.76. The van der Waals surface area contributed by atoms with Crippen LogP contribution in [0.3, 0.4) is 0 Å². The van der Waals surface area contributed by atoms with Gasteiger partial charge in [0, 0.05) is 0 Å². The normalized spacial score (nSPS) is 9.00. The van der Waals surface area contributed by atoms with Crippen LogP contribution in [-0.4, -0.2) is 15.2 Å². The molecule has 0 aliphatic carbocycles. The molecule has 0 radical (unpaired) electrons. The van der Waals surface area contributed by atoms with Gasteiger partial charge in [-0.2, -0.15) is 0 Å². The summed E-state index contributed by atoms with van der Waals surface area (Å²) in [6, 6.07) is 0. The van der Waals surface area contributed by atoms with Gasteiger partial charge in [0.05, 0.1) is 0 Å². The molecule has 0 atom stereocenters. The van der Waals surface area contributed by atoms with E-state index in [1.165, 1.54) is 6.33 Å². The van der Waals surface area contributed by atoms with Gasteiger partial charge < -0.3 is 10.7 Å². The molecule has 1 heterocycles. The van der Waals surface area contributed by atoms with Gasteiger partial charge >= 0.3 is 0 Å². The fourth-order valence-electron chi connectivity index (χ4n) is 0.298. The van der Waals surface area contributed by atoms with Gasteiger partial charge in [0.25, 0.3) is 5.56 Å². The van der Waals surface area contributed by atoms with Gasteiger partial charge in [-0.3, -0.25) is 4.79 Å². The second-order valence-corrected chi connectivity index (χ2v) is 1.20. The molecule has 0 amide bonds. The Bertz CT molecular complexity index is 229. The van der Waals surface area contributed by atoms with Crippen molar-refractivity contribution in [2.75, 3.05) is 5.73 Å². The third-order valence-electron chi connectivity index (χ3n) is 0.651. The van der Waals surface area contributed by atoms with Crippen LogP contribution in [0.5, 0.6) is 0 Å². The maximum Gasteiger partial charge on any atom is 0.293 e. The smallest absolute Gasteiger partial charge is 0.293 e. The molecule has 1 aromatic heterocycles. The molecule has 42 valence electrons. The van der Waals surface area contributed by atoms with Crippen LogP contribution in [0.1, 0.15) is 0 Å². The van der Waals surface area contributed by atoms with Crippen molar-refractivity contribution in [2.24, 2.45) is 0 Å². The number of anilines is 1. The van der Waals surface area contributed by atoms with Crippen LogP contribution in [0.25, 0.3) is 0 Å². The van der Waals surface area contributed by atoms with Crippen LogP contribution in [0.4, 0.5) is 5.82 Å². The highest BCUT2D eigenvalue weighted by atomic mass is 16.1. The fraction of sp³-hybridized carbons (Fsp3) is 0. The number of rotatable bonds is 0. The number of nitrogens with zero attached hydrogens (tertiary/aromatic N) is 2. The molecule has 8 heavy (non-hydrogen) atoms. The van der Waals surface area contributed by atoms with E-state index < -0.39 is 5.56 Å². The standard InChI is InChI=1S/C3H4N4O/c4-2-3(8)5-1-6-7-2/h1H,(H2,4,7)(H,5,6,8). The molecule has 1 rings (SSSR count). The second-order valence-electron chi connectivity index (χ2n) is 1.20. The van der Waals surface area contributed by atoms with Crippen molar-refractivity contribution in [3.8, 4) is 0 Å². The van der Waals surface area contributed by atoms with E-state index >= 15 is 0 Å². The fourth-order valence-corrected chi connectivity index (χ4v) is 0.298. The molecular formula is C3H4N4O. The Kier molecular flexibility index (Phi) is 0.957. The minimum Gasteiger partial charge on any atom is -0.378 e. The topological polar surface area (TPSA) is 84.7 Å². The molecular weight excluding hydrogens is 108 g/mol. The molecule has 5 heteroatoms. The second kappa shape index (κ2) is 1.61. The van der Waals surface area contributed by atoms with Gasteiger partial charge in [0.1, 0.15) is 6.33 Å². The van der Waals surface area contributed by atoms with Gasteiger partial charge in [-0.1, -0.05) is 0 Å². The number of H-pyrrole nitrogens is 1. The molecule has 5 nitrogen and oxygen atoms in total. The molecule has 0 aliphatic rings. The van der Waals surface area contributed by atoms with Gasteiger partial charge in [-0.15, -0.1) is 10.2 Å². The highest BCUT2D eigenvalue weighted by Gasteiger charge is 1.87. The summed E-state index contributed by atoms with van der Waals surface area (Å²) >= 11 is 0. The van der Waals surface area contributed by atoms with E-state index in [2.05, 4.69) is 15.2 Å². The maximum absolute atomic E-state index is 10.3. The first-order chi connectivity index (χ1) is 3.80. The maximum atomic E-state index is 10.3. The van der Waals surface area contributed by atoms with Crippen LogP contribution in [0, 0.1) is 0 Å². The zero-order valence-corrected chi connectivity index (χ0v) is 3.96. The molecule has 0 unspecified atom stereocenters. The number of hydrogen-bond acceptors (Lipinski definition) is 4. The lowest BCUT2D eigenvalue weighted by molar-refractivity contribution is 0.956. The zero-order chi connectivity index (χ0) is 5.98. The van der Waals surface area contributed by atoms with E-state index in [4.69, 9.17) is 5.73 Å². The highest BCUT2D eigenvalue weighted by molar-refractivity contribution is 5.18. The first-order valence-electron chi connectivity index (χ1n) is 1.96. The Morgan fingerprint density at radius 3 is 2.88 bits per heavy atom. The van der Waals surface area contributed by atoms with Gasteiger partial charge in [-0.25, -0.2) is 0 Å². The van der Waals surface area contributed by atoms with Crippen molar-refractivity contribution in [3.63, 3.8) is 0 Å². The van der Waals surface area contributed by atoms with Crippen LogP contribution >= 0.6 is 0 Å². The molecule has 0 spiro atoms. The third-order valence-corrected chi connectivity index (χ3v) is 0.651. The number of hydrogen-bond donors (Lipinski definition) is 2. The van der Waals surface area contributed by atoms with Crippen LogP contribution in [-0.2, 0) is 0 Å². The Morgan fingerprint density at radius 2 is 2.50 bits per heavy atom. The van der Waals surface area contributed by atoms with Crippen molar-refractivity contribution in [3.05, 3.63) is 16.7 Å². The van der Waals surface area contributed by atoms with Crippen molar-refractivity contribution < 1.29 is 0 Å². The SMILES string of the molecule is Nc1nnc[nH]c1=O. The van der Waals surface area contributed by atoms with Crippen LogP contribution < -0.4 is 11.3 Å². The summed E-state index contributed by atoms with van der Waals surface area (Å²) in [5, 5.41) is 6.58. The third kappa shape index (κ3) is 0.651. The molecule has 0 aliphatic heterocycles. The summed E-state index contributed by atoms with van der Waals surface area (Å²) in [6.45, 7) is 0. The number of nitrogens with one attached hydrogen (secondary N) is 1. The van der Waals surface area contributed by atoms with Crippen molar-refractivity contribution >= 4 is 5.82 Å². The predicted octanol–water partition coefficient (Wildman–Crippen LogP) is -1.25. The lowest BCUT2D eigenvalue weighted by Gasteiger charge is -1.82. The van der Waals surface area contributed by atoms with Crippen molar-refractivity contribution in [2.45, 2.75) is 0 Å². The lowest BCUT2D eigenvalue weighted by atomic mass is 10.7. The average molecular weight is 112 g/mol. The summed E-state index contributed by atoms with van der Waals surface area (Å²) in [4.78, 5) is 12.6. The lowest BCUT2D eigenvalue weighted by Crippen LogP contribution is -2.13. The van der Waals surface area contributed by atoms with Crippen molar-refractivity contribution in [1.82, 2.24) is 15.2 Å². The Hall–Kier alpha value is -1.39. The monoisotopic (exact) mass is 112 g/mol. The van der Waals surface area contributed by atoms with E-state index in [-0.39, 0.29) is 5.82 Å². The summed E-state index contributed by atoms with van der Waals surface area (Å²) in [7, 11) is 0. The minimum absolute atomic E-state index is 0.104. The predicted molar refractivity (Wildman–Crippen MR) is 27.1 cm³/mol. The molecule has 1 aromatic rings. The summed E-state index contributed by atoms with van der Waals surface area (Å²) < 4.78 is 0. The van der Waals surface area contributed by atoms with E-state index in [1.54, 1.807) is 0 Å². The first-order valence-corrected chi connectivity index (χ1v) is 1.96. The molecule has 0 aromatic carbocycles. The number of aromatic nitrogens is 3. The van der Waals surface area contributed by atoms with Crippen LogP contribution in [0.15, 0.2) is 11.1 Å². The van der Waals surface area contributed by atoms with E-state index in [0.717, 1.165) is 0 Å². The minimum atomic E-state index is -0.403. The highest BCUT2D eigenvalue weighted by Crippen LogP contribution is 1.70. The summed E-state index contributed by atoms with van der Waals surface area (Å²) in [5.41, 5.74) is 4.60. The zero-order valence-electron chi connectivity index (χ0n) is 3.96. The molecule has 0 saturated heterocycles. The quantitative estimate of drug-likeness (QED) is 0.439. The Balaban J connectivity index is 3.35. The number of nitrogens with two attached hydrogens (primary N) is 1. The molecule has 3 N–H and O–H groups in total. The Labute approximate surface area is 44.6 Å². The van der Waals surface area contributed by atoms with E-state index in [0.29, 0.717) is 0 Å². The van der Waals surface area contributed by atoms with Crippen molar-refractivity contribution in [1.29, 1.82) is 0 Å². The van der Waals surface area contributed by atoms with E-state index in [1.807, 2.05) is 0 Å². The van der Waals surface area contributed by atoms with Gasteiger partial charge in [-0.05, 0) is 0 Å². The summed E-state index contributed by atoms with van der Waals surface area (Å²) in [6.07, 6.45) is 1.18. The average Bonchev–Trinajstić information content (AvgIpc) is 1.77. The molecule has 0 fully saturated rings. The molecule has 0 bridgehead atoms. The Morgan fingerprint density at radius 1 is 1.75 bits per heavy atom. The largest absolute Gasteiger partial charge is 0.378 e. The van der Waals surface area contributed by atoms with Crippen LogP contribution in [0.2, 0.25) is 0 Å². The van der Waals surface area contributed by atoms with Gasteiger partial charge in [0.2, 0.25) is 5.82 Å². The number of nitrogen functional groups attached to an aromatic ring is 1. The number of aromatic amines is 1. The summed E-state index contributed by atoms with van der Waals surface area (Å²) in [5.74, 6) is -0.104.